The van der Waals surface area contributed by atoms with Gasteiger partial charge in [-0.2, -0.15) is 0 Å². The van der Waals surface area contributed by atoms with Crippen molar-refractivity contribution in [3.05, 3.63) is 54.7 Å². The first kappa shape index (κ1) is 69.5. The van der Waals surface area contributed by atoms with Gasteiger partial charge < -0.3 is 53.0 Å². The van der Waals surface area contributed by atoms with Crippen molar-refractivity contribution < 1.29 is 58.8 Å². The van der Waals surface area contributed by atoms with Crippen LogP contribution in [0.15, 0.2) is 24.8 Å². The predicted octanol–water partition coefficient (Wildman–Crippen LogP) is 10.6. The largest absolute Gasteiger partial charge is 0.444 e. The molecule has 6 N–H and O–H groups in total. The number of aromatic nitrogens is 4. The molecule has 0 bridgehead atoms. The first-order chi connectivity index (χ1) is 33.5. The van der Waals surface area contributed by atoms with E-state index < -0.39 is 22.7 Å². The number of allylic oxidation sites excluding steroid dienone is 2. The maximum Gasteiger partial charge on any atom is 0.412 e. The van der Waals surface area contributed by atoms with Crippen LogP contribution in [-0.4, -0.2) is 134 Å². The Hall–Kier alpha value is -3.47. The van der Waals surface area contributed by atoms with Crippen molar-refractivity contribution in [1.29, 1.82) is 0 Å². The van der Waals surface area contributed by atoms with Crippen molar-refractivity contribution in [3.8, 4) is 0 Å². The van der Waals surface area contributed by atoms with Crippen LogP contribution >= 0.6 is 11.6 Å². The fourth-order valence-corrected chi connectivity index (χ4v) is 8.41. The smallest absolute Gasteiger partial charge is 0.412 e. The van der Waals surface area contributed by atoms with E-state index in [4.69, 9.17) is 35.2 Å². The standard InChI is InChI=1S/C16H26N4O.C16H31NO3.C13H25NO4.C7H7N3.CH3Cl.CH3.Pd/c1-2-3-4-5-6-13(10-21)18-9-12-7-8-14-15(12)19-11-20-16(14)17;1-7-8-9-10-11-13-12-19-16(5,6)17(13)14(18)20-15(2,3)4;1-12(2,3)18-11(15)14-10(7-8-16-6)9-17-13(14,4)5;8-7-5-2-1-3-6(5)9-4-10-7;1-2;;/h7,11,13,18,21H,2-6,8-10H2,1H3,(H2,17,19,20);13H,7-12H2,1-6H3;10H,7-9H2,1-6H3;1,3-4H,2H2,(H2,8,9,10);1H3;1H3;/q;;;;;-1;/t2*13-;;;;;/m00...../s1. The number of nitrogens with one attached hydrogen (secondary N) is 1. The molecule has 1 unspecified atom stereocenters. The Labute approximate surface area is 458 Å². The molecule has 0 aromatic carbocycles. The van der Waals surface area contributed by atoms with Gasteiger partial charge in [0.1, 0.15) is 46.9 Å². The summed E-state index contributed by atoms with van der Waals surface area (Å²) in [5.74, 6) is 1.18. The van der Waals surface area contributed by atoms with E-state index >= 15 is 0 Å². The zero-order chi connectivity index (χ0) is 53.4. The van der Waals surface area contributed by atoms with Crippen molar-refractivity contribution in [1.82, 2.24) is 35.1 Å². The van der Waals surface area contributed by atoms with Crippen LogP contribution in [0, 0.1) is 7.43 Å². The number of nitrogens with zero attached hydrogens (tertiary/aromatic N) is 6. The molecule has 2 aromatic heterocycles. The molecule has 3 atom stereocenters. The molecule has 2 saturated heterocycles. The number of fused-ring (bicyclic) bond motifs is 2. The normalized spacial score (nSPS) is 18.0. The van der Waals surface area contributed by atoms with E-state index in [-0.39, 0.29) is 64.8 Å². The molecule has 19 heteroatoms. The molecular weight excluding hydrogens is 1040 g/mol. The van der Waals surface area contributed by atoms with Crippen LogP contribution in [0.2, 0.25) is 0 Å². The summed E-state index contributed by atoms with van der Waals surface area (Å²) in [4.78, 5) is 44.4. The van der Waals surface area contributed by atoms with Crippen LogP contribution in [-0.2, 0) is 56.9 Å². The van der Waals surface area contributed by atoms with Gasteiger partial charge in [0.05, 0.1) is 43.3 Å². The Bertz CT molecular complexity index is 1960. The molecule has 422 valence electrons. The Morgan fingerprint density at radius 2 is 1.30 bits per heavy atom. The quantitative estimate of drug-likeness (QED) is 0.0501. The summed E-state index contributed by atoms with van der Waals surface area (Å²) in [6.07, 6.45) is 24.2. The zero-order valence-electron chi connectivity index (χ0n) is 47.2. The molecule has 0 saturated carbocycles. The SMILES string of the molecule is CCCCCC[C@@H](CO)NCC1=CCc2c(N)ncnc21.CCCCCC[C@H]1COC(C)(C)N1C(=O)OC(C)(C)C.CCl.COCCC1COC(C)(C)N1C(=O)OC(C)(C)C.Nc1ncnc2c1CC=C2.[CH3-].[Pd]. The number of alkyl halides is 1. The van der Waals surface area contributed by atoms with Gasteiger partial charge in [-0.25, -0.2) is 29.5 Å². The second-order valence-corrected chi connectivity index (χ2v) is 21.0. The van der Waals surface area contributed by atoms with E-state index in [0.717, 1.165) is 79.6 Å². The van der Waals surface area contributed by atoms with Gasteiger partial charge >= 0.3 is 12.2 Å². The number of amides is 2. The van der Waals surface area contributed by atoms with Crippen LogP contribution in [0.1, 0.15) is 176 Å². The molecule has 2 fully saturated rings. The molecule has 4 aliphatic rings. The maximum atomic E-state index is 12.4. The Kier molecular flexibility index (Phi) is 32.6. The van der Waals surface area contributed by atoms with Crippen molar-refractivity contribution in [2.75, 3.05) is 57.9 Å². The number of carbonyl (C=O) groups is 2. The summed E-state index contributed by atoms with van der Waals surface area (Å²) in [6, 6.07) is 0.303. The molecule has 2 aromatic rings. The summed E-state index contributed by atoms with van der Waals surface area (Å²) in [5, 5.41) is 12.9. The Morgan fingerprint density at radius 1 is 0.795 bits per heavy atom. The van der Waals surface area contributed by atoms with E-state index in [1.165, 1.54) is 57.6 Å². The Morgan fingerprint density at radius 3 is 1.79 bits per heavy atom. The minimum absolute atomic E-state index is 0. The fraction of sp³-hybridized carbons (Fsp3) is 0.722. The maximum absolute atomic E-state index is 12.4. The number of carbonyl (C=O) groups excluding carboxylic acids is 2. The van der Waals surface area contributed by atoms with Crippen LogP contribution in [0.25, 0.3) is 11.6 Å². The van der Waals surface area contributed by atoms with Crippen molar-refractivity contribution in [2.24, 2.45) is 0 Å². The van der Waals surface area contributed by atoms with Gasteiger partial charge in [0.25, 0.3) is 0 Å². The summed E-state index contributed by atoms with van der Waals surface area (Å²) in [7, 11) is 1.65. The third-order valence-corrected chi connectivity index (χ3v) is 12.0. The number of rotatable bonds is 17. The van der Waals surface area contributed by atoms with Crippen LogP contribution < -0.4 is 16.8 Å². The summed E-state index contributed by atoms with van der Waals surface area (Å²) in [5.41, 5.74) is 14.4. The first-order valence-corrected chi connectivity index (χ1v) is 26.3. The van der Waals surface area contributed by atoms with Gasteiger partial charge in [-0.05, 0) is 113 Å². The van der Waals surface area contributed by atoms with Crippen LogP contribution in [0.5, 0.6) is 0 Å². The van der Waals surface area contributed by atoms with E-state index in [1.54, 1.807) is 16.9 Å². The number of unbranched alkanes of at least 4 members (excludes halogenated alkanes) is 6. The number of aliphatic hydroxyl groups excluding tert-OH is 1. The van der Waals surface area contributed by atoms with Crippen molar-refractivity contribution >= 4 is 47.1 Å². The summed E-state index contributed by atoms with van der Waals surface area (Å²) in [6.45, 7) is 25.9. The van der Waals surface area contributed by atoms with Gasteiger partial charge in [0.2, 0.25) is 0 Å². The molecule has 2 aliphatic heterocycles. The second kappa shape index (κ2) is 34.2. The third-order valence-electron chi connectivity index (χ3n) is 12.0. The van der Waals surface area contributed by atoms with E-state index in [0.29, 0.717) is 31.5 Å². The van der Waals surface area contributed by atoms with E-state index in [1.807, 2.05) is 81.4 Å². The molecular formula is C54H95ClN9O8Pd-. The van der Waals surface area contributed by atoms with Gasteiger partial charge in [-0.1, -0.05) is 77.4 Å². The number of anilines is 2. The first-order valence-electron chi connectivity index (χ1n) is 25.6. The summed E-state index contributed by atoms with van der Waals surface area (Å²) >= 11 is 4.64. The average Bonchev–Trinajstić information content (AvgIpc) is 4.09. The zero-order valence-corrected chi connectivity index (χ0v) is 49.5. The molecule has 0 radical (unpaired) electrons. The fourth-order valence-electron chi connectivity index (χ4n) is 8.41. The topological polar surface area (TPSA) is 223 Å². The number of nitrogen functional groups attached to an aromatic ring is 2. The van der Waals surface area contributed by atoms with Gasteiger partial charge in [0.15, 0.2) is 0 Å². The van der Waals surface area contributed by atoms with Crippen LogP contribution in [0.4, 0.5) is 21.2 Å². The average molecular weight is 1140 g/mol. The van der Waals surface area contributed by atoms with E-state index in [9.17, 15) is 14.7 Å². The summed E-state index contributed by atoms with van der Waals surface area (Å²) < 4.78 is 27.5. The third kappa shape index (κ3) is 24.0. The van der Waals surface area contributed by atoms with Crippen molar-refractivity contribution in [3.63, 3.8) is 0 Å². The molecule has 2 aliphatic carbocycles. The minimum atomic E-state index is -0.624. The van der Waals surface area contributed by atoms with Crippen LogP contribution in [0.3, 0.4) is 0 Å². The number of hydrogen-bond donors (Lipinski definition) is 4. The second-order valence-electron chi connectivity index (χ2n) is 21.0. The minimum Gasteiger partial charge on any atom is -0.444 e. The van der Waals surface area contributed by atoms with Gasteiger partial charge in [-0.15, -0.1) is 11.6 Å². The number of hydrogen-bond acceptors (Lipinski definition) is 15. The number of methoxy groups -OCH3 is 1. The molecule has 6 rings (SSSR count). The predicted molar refractivity (Wildman–Crippen MR) is 292 cm³/mol. The van der Waals surface area contributed by atoms with Gasteiger partial charge in [-0.3, -0.25) is 9.80 Å². The van der Waals surface area contributed by atoms with Crippen molar-refractivity contribution in [2.45, 2.75) is 207 Å². The Balaban J connectivity index is 0.000000948. The molecule has 17 nitrogen and oxygen atoms in total. The molecule has 73 heavy (non-hydrogen) atoms. The number of halogens is 1. The number of aliphatic hydroxyl groups is 1. The monoisotopic (exact) mass is 1140 g/mol. The molecule has 0 spiro atoms. The number of ether oxygens (including phenoxy) is 5. The number of nitrogens with two attached hydrogens (primary N) is 2. The molecule has 2 amide bonds. The molecule has 4 heterocycles. The van der Waals surface area contributed by atoms with Gasteiger partial charge in [0, 0.05) is 64.2 Å². The van der Waals surface area contributed by atoms with E-state index in [2.05, 4.69) is 56.8 Å².